The van der Waals surface area contributed by atoms with Gasteiger partial charge in [0.2, 0.25) is 0 Å². The van der Waals surface area contributed by atoms with Crippen LogP contribution in [0.3, 0.4) is 0 Å². The Labute approximate surface area is 221 Å². The van der Waals surface area contributed by atoms with Crippen LogP contribution in [0.2, 0.25) is 0 Å². The molecular weight excluding hydrogens is 504 g/mol. The van der Waals surface area contributed by atoms with Gasteiger partial charge in [-0.25, -0.2) is 14.5 Å². The Balaban J connectivity index is 1.28. The molecule has 1 aliphatic heterocycles. The lowest BCUT2D eigenvalue weighted by Gasteiger charge is -2.19. The molecule has 0 bridgehead atoms. The average molecular weight is 527 g/mol. The van der Waals surface area contributed by atoms with Gasteiger partial charge in [0.15, 0.2) is 23.8 Å². The number of anilines is 1. The standard InChI is InChI=1S/C28H22N4O5S/c1-17-26-20(28(34)37-16-25(33)29-18-9-10-22-23(14-18)36-12-11-35-22)15-21(24-8-5-13-38-24)30-27(26)32(31-17)19-6-3-2-4-7-19/h2-10,13-15H,11-12,16H2,1H3,(H,29,33). The van der Waals surface area contributed by atoms with Crippen LogP contribution in [-0.2, 0) is 9.53 Å². The molecule has 6 rings (SSSR count). The predicted molar refractivity (Wildman–Crippen MR) is 143 cm³/mol. The minimum Gasteiger partial charge on any atom is -0.486 e. The molecule has 0 unspecified atom stereocenters. The number of esters is 1. The maximum atomic E-state index is 13.3. The Morgan fingerprint density at radius 2 is 1.84 bits per heavy atom. The van der Waals surface area contributed by atoms with Gasteiger partial charge in [0.1, 0.15) is 13.2 Å². The number of hydrogen-bond acceptors (Lipinski definition) is 8. The van der Waals surface area contributed by atoms with E-state index in [9.17, 15) is 9.59 Å². The molecule has 10 heteroatoms. The maximum absolute atomic E-state index is 13.3. The van der Waals surface area contributed by atoms with Crippen molar-refractivity contribution in [3.05, 3.63) is 83.4 Å². The molecule has 0 radical (unpaired) electrons. The molecule has 3 aromatic heterocycles. The fourth-order valence-corrected chi connectivity index (χ4v) is 4.96. The molecule has 4 heterocycles. The lowest BCUT2D eigenvalue weighted by atomic mass is 10.1. The summed E-state index contributed by atoms with van der Waals surface area (Å²) in [7, 11) is 0. The molecule has 0 atom stereocenters. The lowest BCUT2D eigenvalue weighted by molar-refractivity contribution is -0.119. The van der Waals surface area contributed by atoms with Crippen LogP contribution in [0, 0.1) is 6.92 Å². The number of pyridine rings is 1. The monoisotopic (exact) mass is 526 g/mol. The Morgan fingerprint density at radius 3 is 2.63 bits per heavy atom. The van der Waals surface area contributed by atoms with Crippen LogP contribution in [0.4, 0.5) is 5.69 Å². The second kappa shape index (κ2) is 9.98. The Bertz CT molecular complexity index is 1650. The number of benzene rings is 2. The van der Waals surface area contributed by atoms with E-state index in [0.717, 1.165) is 10.6 Å². The highest BCUT2D eigenvalue weighted by Gasteiger charge is 2.23. The van der Waals surface area contributed by atoms with Crippen molar-refractivity contribution >= 4 is 39.9 Å². The highest BCUT2D eigenvalue weighted by atomic mass is 32.1. The first-order valence-corrected chi connectivity index (χ1v) is 12.8. The van der Waals surface area contributed by atoms with Crippen molar-refractivity contribution in [3.8, 4) is 27.8 Å². The number of fused-ring (bicyclic) bond motifs is 2. The fraction of sp³-hybridized carbons (Fsp3) is 0.143. The van der Waals surface area contributed by atoms with Crippen molar-refractivity contribution in [1.29, 1.82) is 0 Å². The van der Waals surface area contributed by atoms with Crippen molar-refractivity contribution in [2.24, 2.45) is 0 Å². The van der Waals surface area contributed by atoms with E-state index in [1.165, 1.54) is 11.3 Å². The number of rotatable bonds is 6. The van der Waals surface area contributed by atoms with Gasteiger partial charge in [-0.3, -0.25) is 4.79 Å². The quantitative estimate of drug-likeness (QED) is 0.310. The maximum Gasteiger partial charge on any atom is 0.339 e. The first kappa shape index (κ1) is 23.7. The fourth-order valence-electron chi connectivity index (χ4n) is 4.28. The lowest BCUT2D eigenvalue weighted by Crippen LogP contribution is -2.21. The summed E-state index contributed by atoms with van der Waals surface area (Å²) >= 11 is 1.52. The average Bonchev–Trinajstić information content (AvgIpc) is 3.60. The number of nitrogens with zero attached hydrogens (tertiary/aromatic N) is 3. The molecule has 1 amide bonds. The van der Waals surface area contributed by atoms with Gasteiger partial charge >= 0.3 is 5.97 Å². The van der Waals surface area contributed by atoms with Gasteiger partial charge in [-0.05, 0) is 48.7 Å². The number of aromatic nitrogens is 3. The molecule has 1 aliphatic rings. The number of thiophene rings is 1. The number of carbonyl (C=O) groups excluding carboxylic acids is 2. The van der Waals surface area contributed by atoms with Crippen LogP contribution in [-0.4, -0.2) is 46.5 Å². The highest BCUT2D eigenvalue weighted by Crippen LogP contribution is 2.33. The Hall–Kier alpha value is -4.70. The second-order valence-corrected chi connectivity index (χ2v) is 9.49. The van der Waals surface area contributed by atoms with Crippen LogP contribution < -0.4 is 14.8 Å². The second-order valence-electron chi connectivity index (χ2n) is 8.55. The third-order valence-electron chi connectivity index (χ3n) is 5.97. The van der Waals surface area contributed by atoms with E-state index in [-0.39, 0.29) is 0 Å². The summed E-state index contributed by atoms with van der Waals surface area (Å²) < 4.78 is 18.2. The molecule has 5 aromatic rings. The SMILES string of the molecule is Cc1nn(-c2ccccc2)c2nc(-c3cccs3)cc(C(=O)OCC(=O)Nc3ccc4c(c3)OCCO4)c12. The van der Waals surface area contributed by atoms with E-state index in [1.54, 1.807) is 28.9 Å². The zero-order valence-corrected chi connectivity index (χ0v) is 21.2. The number of hydrogen-bond donors (Lipinski definition) is 1. The third kappa shape index (κ3) is 4.57. The molecule has 0 aliphatic carbocycles. The minimum absolute atomic E-state index is 0.296. The van der Waals surface area contributed by atoms with E-state index >= 15 is 0 Å². The van der Waals surface area contributed by atoms with Crippen molar-refractivity contribution in [3.63, 3.8) is 0 Å². The number of ether oxygens (including phenoxy) is 3. The largest absolute Gasteiger partial charge is 0.486 e. The van der Waals surface area contributed by atoms with Crippen LogP contribution >= 0.6 is 11.3 Å². The van der Waals surface area contributed by atoms with E-state index < -0.39 is 18.5 Å². The van der Waals surface area contributed by atoms with E-state index in [1.807, 2.05) is 54.8 Å². The third-order valence-corrected chi connectivity index (χ3v) is 6.86. The van der Waals surface area contributed by atoms with E-state index in [0.29, 0.717) is 58.4 Å². The predicted octanol–water partition coefficient (Wildman–Crippen LogP) is 5.02. The Kier molecular flexibility index (Phi) is 6.22. The van der Waals surface area contributed by atoms with Gasteiger partial charge in [0, 0.05) is 11.8 Å². The normalized spacial score (nSPS) is 12.3. The summed E-state index contributed by atoms with van der Waals surface area (Å²) in [5, 5.41) is 9.91. The van der Waals surface area contributed by atoms with Crippen molar-refractivity contribution < 1.29 is 23.8 Å². The number of para-hydroxylation sites is 1. The summed E-state index contributed by atoms with van der Waals surface area (Å²) in [6.45, 7) is 2.28. The highest BCUT2D eigenvalue weighted by molar-refractivity contribution is 7.13. The Morgan fingerprint density at radius 1 is 1.03 bits per heavy atom. The molecular formula is C28H22N4O5S. The molecule has 2 aromatic carbocycles. The number of aryl methyl sites for hydroxylation is 1. The zero-order chi connectivity index (χ0) is 26.1. The molecule has 9 nitrogen and oxygen atoms in total. The molecule has 38 heavy (non-hydrogen) atoms. The number of carbonyl (C=O) groups is 2. The van der Waals surface area contributed by atoms with Crippen LogP contribution in [0.25, 0.3) is 27.3 Å². The van der Waals surface area contributed by atoms with E-state index in [2.05, 4.69) is 10.4 Å². The van der Waals surface area contributed by atoms with Crippen molar-refractivity contribution in [2.45, 2.75) is 6.92 Å². The van der Waals surface area contributed by atoms with Crippen LogP contribution in [0.5, 0.6) is 11.5 Å². The van der Waals surface area contributed by atoms with Gasteiger partial charge in [-0.2, -0.15) is 5.10 Å². The van der Waals surface area contributed by atoms with Gasteiger partial charge in [0.25, 0.3) is 5.91 Å². The summed E-state index contributed by atoms with van der Waals surface area (Å²) in [5.74, 6) is 0.0614. The molecule has 0 fully saturated rings. The zero-order valence-electron chi connectivity index (χ0n) is 20.3. The first-order chi connectivity index (χ1) is 18.6. The summed E-state index contributed by atoms with van der Waals surface area (Å²) in [4.78, 5) is 31.7. The topological polar surface area (TPSA) is 105 Å². The summed E-state index contributed by atoms with van der Waals surface area (Å²) in [6, 6.07) is 20.2. The number of amides is 1. The smallest absolute Gasteiger partial charge is 0.339 e. The summed E-state index contributed by atoms with van der Waals surface area (Å²) in [5.41, 5.74) is 3.41. The molecule has 0 spiro atoms. The van der Waals surface area contributed by atoms with Gasteiger partial charge in [-0.15, -0.1) is 11.3 Å². The van der Waals surface area contributed by atoms with Crippen LogP contribution in [0.1, 0.15) is 16.1 Å². The van der Waals surface area contributed by atoms with Gasteiger partial charge in [0.05, 0.1) is 32.9 Å². The van der Waals surface area contributed by atoms with Gasteiger partial charge in [-0.1, -0.05) is 24.3 Å². The first-order valence-electron chi connectivity index (χ1n) is 11.9. The molecule has 1 N–H and O–H groups in total. The minimum atomic E-state index is -0.636. The van der Waals surface area contributed by atoms with Gasteiger partial charge < -0.3 is 19.5 Å². The summed E-state index contributed by atoms with van der Waals surface area (Å²) in [6.07, 6.45) is 0. The molecule has 0 saturated carbocycles. The molecule has 0 saturated heterocycles. The molecule has 190 valence electrons. The van der Waals surface area contributed by atoms with E-state index in [4.69, 9.17) is 19.2 Å². The van der Waals surface area contributed by atoms with Crippen molar-refractivity contribution in [2.75, 3.05) is 25.1 Å². The van der Waals surface area contributed by atoms with Crippen molar-refractivity contribution in [1.82, 2.24) is 14.8 Å². The number of nitrogens with one attached hydrogen (secondary N) is 1. The van der Waals surface area contributed by atoms with Crippen LogP contribution in [0.15, 0.2) is 72.1 Å².